The highest BCUT2D eigenvalue weighted by atomic mass is 16.4. The van der Waals surface area contributed by atoms with Gasteiger partial charge < -0.3 is 5.21 Å². The van der Waals surface area contributed by atoms with Crippen LogP contribution in [0.15, 0.2) is 39.4 Å². The van der Waals surface area contributed by atoms with Crippen LogP contribution in [0.5, 0.6) is 0 Å². The zero-order valence-electron chi connectivity index (χ0n) is 5.60. The Morgan fingerprint density at radius 1 is 1.09 bits per heavy atom. The molecule has 0 unspecified atom stereocenters. The number of rotatable bonds is 0. The fourth-order valence-electron chi connectivity index (χ4n) is 0.938. The van der Waals surface area contributed by atoms with Gasteiger partial charge in [-0.15, -0.1) is 0 Å². The number of guanidine groups is 1. The lowest BCUT2D eigenvalue weighted by Crippen LogP contribution is -2.19. The van der Waals surface area contributed by atoms with Crippen LogP contribution in [-0.4, -0.2) is 11.2 Å². The summed E-state index contributed by atoms with van der Waals surface area (Å²) in [6.45, 7) is 0. The van der Waals surface area contributed by atoms with Crippen molar-refractivity contribution >= 4 is 5.96 Å². The van der Waals surface area contributed by atoms with E-state index in [9.17, 15) is 0 Å². The summed E-state index contributed by atoms with van der Waals surface area (Å²) < 4.78 is 0. The molecule has 0 saturated heterocycles. The molecule has 1 N–H and O–H groups in total. The van der Waals surface area contributed by atoms with Crippen molar-refractivity contribution in [3.05, 3.63) is 35.0 Å². The summed E-state index contributed by atoms with van der Waals surface area (Å²) in [4.78, 5) is 7.81. The highest BCUT2D eigenvalue weighted by Crippen LogP contribution is 1.84. The van der Waals surface area contributed by atoms with Crippen LogP contribution in [0.3, 0.4) is 0 Å². The van der Waals surface area contributed by atoms with E-state index in [0.29, 0.717) is 0 Å². The van der Waals surface area contributed by atoms with Crippen molar-refractivity contribution in [1.82, 2.24) is 0 Å². The summed E-state index contributed by atoms with van der Waals surface area (Å²) in [5.74, 6) is 0.117. The Morgan fingerprint density at radius 2 is 1.64 bits per heavy atom. The van der Waals surface area contributed by atoms with Gasteiger partial charge in [0.2, 0.25) is 0 Å². The molecule has 0 bridgehead atoms. The minimum absolute atomic E-state index is 0.117. The SMILES string of the molecule is ON=C1N=c2ccccc2=N1. The van der Waals surface area contributed by atoms with Gasteiger partial charge in [-0.3, -0.25) is 0 Å². The fourth-order valence-corrected chi connectivity index (χ4v) is 0.938. The molecule has 4 nitrogen and oxygen atoms in total. The van der Waals surface area contributed by atoms with Crippen molar-refractivity contribution in [2.45, 2.75) is 0 Å². The molecule has 0 saturated carbocycles. The molecule has 1 aliphatic rings. The second kappa shape index (κ2) is 2.16. The lowest BCUT2D eigenvalue weighted by molar-refractivity contribution is 0.317. The van der Waals surface area contributed by atoms with E-state index < -0.39 is 0 Å². The van der Waals surface area contributed by atoms with E-state index >= 15 is 0 Å². The van der Waals surface area contributed by atoms with E-state index in [2.05, 4.69) is 15.1 Å². The quantitative estimate of drug-likeness (QED) is 0.397. The summed E-state index contributed by atoms with van der Waals surface area (Å²) in [5, 5.41) is 12.7. The molecular formula is C7H5N3O. The summed E-state index contributed by atoms with van der Waals surface area (Å²) in [7, 11) is 0. The molecule has 2 rings (SSSR count). The van der Waals surface area contributed by atoms with Crippen LogP contribution in [0.1, 0.15) is 0 Å². The Bertz CT molecular complexity index is 385. The summed E-state index contributed by atoms with van der Waals surface area (Å²) >= 11 is 0. The first-order valence-corrected chi connectivity index (χ1v) is 3.15. The largest absolute Gasteiger partial charge is 0.408 e. The summed E-state index contributed by atoms with van der Waals surface area (Å²) in [5.41, 5.74) is 0. The highest BCUT2D eigenvalue weighted by molar-refractivity contribution is 5.82. The van der Waals surface area contributed by atoms with E-state index in [1.165, 1.54) is 0 Å². The number of fused-ring (bicyclic) bond motifs is 1. The molecule has 4 heteroatoms. The van der Waals surface area contributed by atoms with Crippen LogP contribution in [0, 0.1) is 0 Å². The molecule has 0 aliphatic carbocycles. The third kappa shape index (κ3) is 0.881. The lowest BCUT2D eigenvalue weighted by Gasteiger charge is -1.75. The molecule has 0 amide bonds. The molecule has 0 atom stereocenters. The molecule has 0 aromatic heterocycles. The zero-order valence-corrected chi connectivity index (χ0v) is 5.60. The molecule has 1 aliphatic heterocycles. The average Bonchev–Trinajstić information content (AvgIpc) is 2.46. The standard InChI is InChI=1S/C7H5N3O/c11-10-7-8-5-3-1-2-4-6(5)9-7/h1-4,11H. The van der Waals surface area contributed by atoms with Gasteiger partial charge in [0, 0.05) is 0 Å². The molecule has 1 aromatic carbocycles. The first-order valence-electron chi connectivity index (χ1n) is 3.15. The van der Waals surface area contributed by atoms with Crippen LogP contribution in [-0.2, 0) is 0 Å². The van der Waals surface area contributed by atoms with E-state index in [4.69, 9.17) is 5.21 Å². The van der Waals surface area contributed by atoms with Crippen molar-refractivity contribution in [2.24, 2.45) is 15.1 Å². The van der Waals surface area contributed by atoms with E-state index in [-0.39, 0.29) is 5.96 Å². The maximum Gasteiger partial charge on any atom is 0.286 e. The lowest BCUT2D eigenvalue weighted by atomic mass is 10.3. The van der Waals surface area contributed by atoms with Crippen LogP contribution < -0.4 is 10.7 Å². The molecule has 0 radical (unpaired) electrons. The van der Waals surface area contributed by atoms with E-state index in [1.54, 1.807) is 0 Å². The number of oxime groups is 1. The molecule has 0 fully saturated rings. The Kier molecular flexibility index (Phi) is 1.18. The van der Waals surface area contributed by atoms with Gasteiger partial charge in [0.25, 0.3) is 5.96 Å². The summed E-state index contributed by atoms with van der Waals surface area (Å²) in [6, 6.07) is 7.35. The van der Waals surface area contributed by atoms with Gasteiger partial charge in [0.1, 0.15) is 0 Å². The zero-order chi connectivity index (χ0) is 7.68. The molecule has 1 heterocycles. The van der Waals surface area contributed by atoms with Gasteiger partial charge in [-0.25, -0.2) is 9.98 Å². The van der Waals surface area contributed by atoms with Gasteiger partial charge >= 0.3 is 0 Å². The second-order valence-electron chi connectivity index (χ2n) is 2.11. The highest BCUT2D eigenvalue weighted by Gasteiger charge is 2.00. The van der Waals surface area contributed by atoms with E-state index in [0.717, 1.165) is 10.7 Å². The number of nitrogens with zero attached hydrogens (tertiary/aromatic N) is 3. The van der Waals surface area contributed by atoms with Crippen LogP contribution in [0.25, 0.3) is 0 Å². The maximum absolute atomic E-state index is 8.34. The number of hydrogen-bond donors (Lipinski definition) is 1. The first kappa shape index (κ1) is 6.03. The Balaban J connectivity index is 2.81. The Hall–Kier alpha value is -1.71. The molecule has 11 heavy (non-hydrogen) atoms. The predicted octanol–water partition coefficient (Wildman–Crippen LogP) is -0.315. The number of hydrogen-bond acceptors (Lipinski definition) is 2. The monoisotopic (exact) mass is 147 g/mol. The third-order valence-corrected chi connectivity index (χ3v) is 1.41. The Morgan fingerprint density at radius 3 is 2.09 bits per heavy atom. The molecular weight excluding hydrogens is 142 g/mol. The van der Waals surface area contributed by atoms with E-state index in [1.807, 2.05) is 24.3 Å². The van der Waals surface area contributed by atoms with Crippen molar-refractivity contribution in [2.75, 3.05) is 0 Å². The number of benzene rings is 1. The Labute approximate surface area is 62.2 Å². The fraction of sp³-hybridized carbons (Fsp3) is 0. The normalized spacial score (nSPS) is 13.3. The van der Waals surface area contributed by atoms with Crippen LogP contribution >= 0.6 is 0 Å². The van der Waals surface area contributed by atoms with Crippen molar-refractivity contribution < 1.29 is 5.21 Å². The predicted molar refractivity (Wildman–Crippen MR) is 38.0 cm³/mol. The third-order valence-electron chi connectivity index (χ3n) is 1.41. The van der Waals surface area contributed by atoms with Gasteiger partial charge in [0.05, 0.1) is 10.7 Å². The second-order valence-corrected chi connectivity index (χ2v) is 2.11. The van der Waals surface area contributed by atoms with Crippen molar-refractivity contribution in [1.29, 1.82) is 0 Å². The van der Waals surface area contributed by atoms with Crippen LogP contribution in [0.4, 0.5) is 0 Å². The summed E-state index contributed by atoms with van der Waals surface area (Å²) in [6.07, 6.45) is 0. The molecule has 1 aromatic rings. The van der Waals surface area contributed by atoms with Gasteiger partial charge in [-0.05, 0) is 17.3 Å². The topological polar surface area (TPSA) is 57.3 Å². The van der Waals surface area contributed by atoms with Crippen molar-refractivity contribution in [3.63, 3.8) is 0 Å². The minimum Gasteiger partial charge on any atom is -0.408 e. The molecule has 54 valence electrons. The van der Waals surface area contributed by atoms with Gasteiger partial charge in [-0.2, -0.15) is 0 Å². The minimum atomic E-state index is 0.117. The smallest absolute Gasteiger partial charge is 0.286 e. The van der Waals surface area contributed by atoms with Crippen molar-refractivity contribution in [3.8, 4) is 0 Å². The van der Waals surface area contributed by atoms with Gasteiger partial charge in [0.15, 0.2) is 0 Å². The number of para-hydroxylation sites is 2. The van der Waals surface area contributed by atoms with Crippen LogP contribution in [0.2, 0.25) is 0 Å². The average molecular weight is 147 g/mol. The molecule has 0 spiro atoms. The van der Waals surface area contributed by atoms with Gasteiger partial charge in [-0.1, -0.05) is 12.1 Å². The first-order chi connectivity index (χ1) is 5.40. The maximum atomic E-state index is 8.34.